The summed E-state index contributed by atoms with van der Waals surface area (Å²) in [5.41, 5.74) is 0.346. The van der Waals surface area contributed by atoms with Crippen LogP contribution < -0.4 is 21.0 Å². The highest BCUT2D eigenvalue weighted by molar-refractivity contribution is 6.45. The Labute approximate surface area is 201 Å². The second-order valence-electron chi connectivity index (χ2n) is 9.47. The maximum absolute atomic E-state index is 15.1. The minimum Gasteiger partial charge on any atom is -0.481 e. The van der Waals surface area contributed by atoms with Gasteiger partial charge < -0.3 is 34.9 Å². The van der Waals surface area contributed by atoms with Crippen LogP contribution in [0.15, 0.2) is 23.1 Å². The van der Waals surface area contributed by atoms with Crippen molar-refractivity contribution >= 4 is 35.6 Å². The molecule has 0 spiro atoms. The molecule has 2 aromatic rings. The number of anilines is 1. The Kier molecular flexibility index (Phi) is 6.52. The van der Waals surface area contributed by atoms with Crippen LogP contribution in [0.1, 0.15) is 48.5 Å². The molecule has 3 heterocycles. The number of benzene rings is 1. The van der Waals surface area contributed by atoms with Gasteiger partial charge in [-0.1, -0.05) is 0 Å². The fraction of sp³-hybridized carbons (Fsp3) is 0.522. The number of carboxylic acids is 1. The lowest BCUT2D eigenvalue weighted by Crippen LogP contribution is -2.53. The van der Waals surface area contributed by atoms with Crippen molar-refractivity contribution in [1.29, 1.82) is 0 Å². The predicted octanol–water partition coefficient (Wildman–Crippen LogP) is 0.657. The van der Waals surface area contributed by atoms with Gasteiger partial charge in [0.05, 0.1) is 29.7 Å². The van der Waals surface area contributed by atoms with E-state index in [0.717, 1.165) is 25.9 Å². The van der Waals surface area contributed by atoms with Crippen LogP contribution in [0, 0.1) is 5.82 Å². The Morgan fingerprint density at radius 1 is 1.20 bits per heavy atom. The summed E-state index contributed by atoms with van der Waals surface area (Å²) in [5, 5.41) is 25.2. The van der Waals surface area contributed by atoms with E-state index in [1.807, 2.05) is 9.47 Å². The van der Waals surface area contributed by atoms with E-state index in [1.54, 1.807) is 6.07 Å². The fourth-order valence-electron chi connectivity index (χ4n) is 4.93. The van der Waals surface area contributed by atoms with Crippen molar-refractivity contribution in [3.8, 4) is 0 Å². The highest BCUT2D eigenvalue weighted by atomic mass is 19.1. The molecule has 1 amide bonds. The molecule has 5 rings (SSSR count). The Morgan fingerprint density at radius 3 is 2.60 bits per heavy atom. The maximum atomic E-state index is 15.1. The molecule has 2 atom stereocenters. The van der Waals surface area contributed by atoms with Crippen LogP contribution in [0.4, 0.5) is 10.1 Å². The van der Waals surface area contributed by atoms with Crippen molar-refractivity contribution < 1.29 is 28.8 Å². The van der Waals surface area contributed by atoms with E-state index in [9.17, 15) is 19.4 Å². The number of nitrogens with one attached hydrogen (secondary N) is 2. The number of pyridine rings is 1. The first-order valence-corrected chi connectivity index (χ1v) is 12.0. The number of aromatic nitrogens is 1. The van der Waals surface area contributed by atoms with Gasteiger partial charge in [0.25, 0.3) is 5.91 Å². The van der Waals surface area contributed by atoms with Gasteiger partial charge in [-0.25, -0.2) is 4.39 Å². The molecule has 10 nitrogen and oxygen atoms in total. The Bertz CT molecular complexity index is 1210. The van der Waals surface area contributed by atoms with Crippen molar-refractivity contribution in [2.45, 2.75) is 50.2 Å². The van der Waals surface area contributed by atoms with Gasteiger partial charge in [0.1, 0.15) is 11.4 Å². The molecule has 3 aliphatic rings. The van der Waals surface area contributed by atoms with Crippen molar-refractivity contribution in [2.24, 2.45) is 0 Å². The molecule has 1 aliphatic carbocycles. The molecule has 186 valence electrons. The molecule has 35 heavy (non-hydrogen) atoms. The Hall–Kier alpha value is -2.96. The average molecular weight is 486 g/mol. The van der Waals surface area contributed by atoms with Crippen LogP contribution in [0.5, 0.6) is 0 Å². The van der Waals surface area contributed by atoms with E-state index in [-0.39, 0.29) is 23.4 Å². The van der Waals surface area contributed by atoms with Crippen molar-refractivity contribution in [3.05, 3.63) is 39.9 Å². The summed E-state index contributed by atoms with van der Waals surface area (Å²) in [6, 6.07) is 3.06. The van der Waals surface area contributed by atoms with Crippen molar-refractivity contribution in [2.75, 3.05) is 31.1 Å². The molecule has 4 N–H and O–H groups in total. The number of carboxylic acid groups (broad SMARTS) is 1. The largest absolute Gasteiger partial charge is 0.481 e. The van der Waals surface area contributed by atoms with Crippen molar-refractivity contribution in [1.82, 2.24) is 15.2 Å². The second kappa shape index (κ2) is 9.59. The van der Waals surface area contributed by atoms with Gasteiger partial charge in [0.15, 0.2) is 0 Å². The molecule has 1 aromatic heterocycles. The average Bonchev–Trinajstić information content (AvgIpc) is 3.66. The zero-order valence-corrected chi connectivity index (χ0v) is 19.2. The summed E-state index contributed by atoms with van der Waals surface area (Å²) in [6.45, 7) is 2.82. The summed E-state index contributed by atoms with van der Waals surface area (Å²) in [7, 11) is -1.39. The number of halogens is 1. The van der Waals surface area contributed by atoms with Crippen LogP contribution in [0.2, 0.25) is 0 Å². The number of hydrogen-bond donors (Lipinski definition) is 4. The fourth-order valence-corrected chi connectivity index (χ4v) is 4.93. The van der Waals surface area contributed by atoms with Crippen LogP contribution >= 0.6 is 0 Å². The molecule has 0 radical (unpaired) electrons. The SMILES string of the molecule is O=C(O)C[C@@H]1CC[C@H](NC(=O)c2cn(C3CC3)c3cc(N4CCNCC4)c(F)cc3c2=O)B(O)O1. The number of piperazine rings is 1. The van der Waals surface area contributed by atoms with Gasteiger partial charge in [0.2, 0.25) is 5.43 Å². The second-order valence-corrected chi connectivity index (χ2v) is 9.47. The first-order valence-electron chi connectivity index (χ1n) is 12.0. The number of fused-ring (bicyclic) bond motifs is 1. The first-order chi connectivity index (χ1) is 16.8. The molecule has 2 aliphatic heterocycles. The highest BCUT2D eigenvalue weighted by Gasteiger charge is 2.37. The lowest BCUT2D eigenvalue weighted by Gasteiger charge is -2.31. The van der Waals surface area contributed by atoms with Crippen LogP contribution in [-0.2, 0) is 9.45 Å². The van der Waals surface area contributed by atoms with Gasteiger partial charge >= 0.3 is 13.1 Å². The molecule has 0 unspecified atom stereocenters. The van der Waals surface area contributed by atoms with Gasteiger partial charge in [-0.3, -0.25) is 14.4 Å². The third kappa shape index (κ3) is 4.91. The molecule has 1 aromatic carbocycles. The summed E-state index contributed by atoms with van der Waals surface area (Å²) >= 11 is 0. The number of aliphatic carboxylic acids is 1. The third-order valence-electron chi connectivity index (χ3n) is 6.94. The lowest BCUT2D eigenvalue weighted by atomic mass is 9.72. The van der Waals surface area contributed by atoms with E-state index in [0.29, 0.717) is 37.1 Å². The summed E-state index contributed by atoms with van der Waals surface area (Å²) in [6.07, 6.45) is 3.10. The van der Waals surface area contributed by atoms with Gasteiger partial charge in [0, 0.05) is 43.8 Å². The predicted molar refractivity (Wildman–Crippen MR) is 127 cm³/mol. The molecule has 1 saturated carbocycles. The zero-order valence-electron chi connectivity index (χ0n) is 19.2. The molecular weight excluding hydrogens is 458 g/mol. The number of hydrogen-bond acceptors (Lipinski definition) is 7. The lowest BCUT2D eigenvalue weighted by molar-refractivity contribution is -0.139. The zero-order chi connectivity index (χ0) is 24.7. The minimum atomic E-state index is -1.39. The number of nitrogens with zero attached hydrogens (tertiary/aromatic N) is 2. The first kappa shape index (κ1) is 23.8. The van der Waals surface area contributed by atoms with Crippen LogP contribution in [0.25, 0.3) is 10.9 Å². The Morgan fingerprint density at radius 2 is 1.94 bits per heavy atom. The van der Waals surface area contributed by atoms with E-state index in [2.05, 4.69) is 10.6 Å². The minimum absolute atomic E-state index is 0.126. The van der Waals surface area contributed by atoms with E-state index in [1.165, 1.54) is 12.3 Å². The van der Waals surface area contributed by atoms with E-state index >= 15 is 4.39 Å². The van der Waals surface area contributed by atoms with Gasteiger partial charge in [-0.2, -0.15) is 0 Å². The Balaban J connectivity index is 1.44. The number of carbonyl (C=O) groups is 2. The molecule has 12 heteroatoms. The molecule has 3 fully saturated rings. The van der Waals surface area contributed by atoms with E-state index in [4.69, 9.17) is 9.76 Å². The van der Waals surface area contributed by atoms with Crippen LogP contribution in [0.3, 0.4) is 0 Å². The highest BCUT2D eigenvalue weighted by Crippen LogP contribution is 2.38. The van der Waals surface area contributed by atoms with Gasteiger partial charge in [-0.05, 0) is 37.8 Å². The molecular formula is C23H28BFN4O6. The maximum Gasteiger partial charge on any atom is 0.478 e. The van der Waals surface area contributed by atoms with E-state index < -0.39 is 42.3 Å². The quantitative estimate of drug-likeness (QED) is 0.438. The molecule has 2 saturated heterocycles. The van der Waals surface area contributed by atoms with Crippen molar-refractivity contribution in [3.63, 3.8) is 0 Å². The number of carbonyl (C=O) groups excluding carboxylic acids is 1. The monoisotopic (exact) mass is 486 g/mol. The van der Waals surface area contributed by atoms with Crippen LogP contribution in [-0.4, -0.2) is 71.9 Å². The van der Waals surface area contributed by atoms with Gasteiger partial charge in [-0.15, -0.1) is 0 Å². The summed E-state index contributed by atoms with van der Waals surface area (Å²) < 4.78 is 22.3. The molecule has 0 bridgehead atoms. The summed E-state index contributed by atoms with van der Waals surface area (Å²) in [4.78, 5) is 39.2. The topological polar surface area (TPSA) is 133 Å². The standard InChI is InChI=1S/C23H28BFN4O6/c25-17-10-15-18(11-19(17)28-7-5-26-6-8-28)29(13-1-2-13)12-16(22(15)32)23(33)27-20-4-3-14(9-21(30)31)35-24(20)34/h10-14,20,26,34H,1-9H2,(H,27,33)(H,30,31)/t14-,20-/m0/s1. The number of amides is 1. The summed E-state index contributed by atoms with van der Waals surface area (Å²) in [5.74, 6) is -3.00. The third-order valence-corrected chi connectivity index (χ3v) is 6.94. The smallest absolute Gasteiger partial charge is 0.478 e. The normalized spacial score (nSPS) is 22.9. The number of rotatable bonds is 6.